The summed E-state index contributed by atoms with van der Waals surface area (Å²) in [6.45, 7) is 0.265. The summed E-state index contributed by atoms with van der Waals surface area (Å²) in [4.78, 5) is 21.3. The van der Waals surface area contributed by atoms with Gasteiger partial charge in [0.05, 0.1) is 0 Å². The fourth-order valence-electron chi connectivity index (χ4n) is 1.49. The highest BCUT2D eigenvalue weighted by Crippen LogP contribution is 2.14. The van der Waals surface area contributed by atoms with Gasteiger partial charge in [-0.25, -0.2) is 4.39 Å². The second-order valence-electron chi connectivity index (χ2n) is 3.77. The average Bonchev–Trinajstić information content (AvgIpc) is 2.30. The van der Waals surface area contributed by atoms with E-state index in [1.165, 1.54) is 24.3 Å². The van der Waals surface area contributed by atoms with Crippen LogP contribution in [0.3, 0.4) is 0 Å². The molecular formula is C12H14FNO4. The minimum atomic E-state index is -1.09. The van der Waals surface area contributed by atoms with E-state index in [4.69, 9.17) is 10.2 Å². The molecule has 0 radical (unpaired) electrons. The Morgan fingerprint density at radius 3 is 2.33 bits per heavy atom. The first kappa shape index (κ1) is 14.1. The molecule has 0 saturated heterocycles. The van der Waals surface area contributed by atoms with Gasteiger partial charge in [0.25, 0.3) is 0 Å². The molecule has 0 aliphatic heterocycles. The number of nitrogens with one attached hydrogen (secondary N) is 1. The summed E-state index contributed by atoms with van der Waals surface area (Å²) in [5.74, 6) is -2.45. The van der Waals surface area contributed by atoms with E-state index < -0.39 is 23.8 Å². The Morgan fingerprint density at radius 2 is 1.83 bits per heavy atom. The SMILES string of the molecule is O=C(O)CCCNC(C(=O)O)c1ccc(F)cc1. The normalized spacial score (nSPS) is 12.1. The Kier molecular flexibility index (Phi) is 5.26. The van der Waals surface area contributed by atoms with Crippen LogP contribution < -0.4 is 5.32 Å². The van der Waals surface area contributed by atoms with Gasteiger partial charge in [-0.1, -0.05) is 12.1 Å². The minimum absolute atomic E-state index is 0.0250. The fourth-order valence-corrected chi connectivity index (χ4v) is 1.49. The smallest absolute Gasteiger partial charge is 0.325 e. The van der Waals surface area contributed by atoms with Gasteiger partial charge in [-0.15, -0.1) is 0 Å². The van der Waals surface area contributed by atoms with Crippen LogP contribution in [0.5, 0.6) is 0 Å². The van der Waals surface area contributed by atoms with Gasteiger partial charge in [-0.2, -0.15) is 0 Å². The number of halogens is 1. The summed E-state index contributed by atoms with van der Waals surface area (Å²) < 4.78 is 12.7. The standard InChI is InChI=1S/C12H14FNO4/c13-9-5-3-8(4-6-9)11(12(17)18)14-7-1-2-10(15)16/h3-6,11,14H,1-2,7H2,(H,15,16)(H,17,18). The van der Waals surface area contributed by atoms with Crippen molar-refractivity contribution in [3.8, 4) is 0 Å². The van der Waals surface area contributed by atoms with Crippen molar-refractivity contribution in [2.75, 3.05) is 6.54 Å². The Labute approximate surface area is 103 Å². The maximum Gasteiger partial charge on any atom is 0.325 e. The number of carboxylic acids is 2. The molecule has 1 rings (SSSR count). The zero-order valence-electron chi connectivity index (χ0n) is 9.60. The molecule has 18 heavy (non-hydrogen) atoms. The summed E-state index contributed by atoms with van der Waals surface area (Å²) in [7, 11) is 0. The minimum Gasteiger partial charge on any atom is -0.481 e. The highest BCUT2D eigenvalue weighted by molar-refractivity contribution is 5.75. The van der Waals surface area contributed by atoms with Crippen molar-refractivity contribution in [2.45, 2.75) is 18.9 Å². The number of carbonyl (C=O) groups is 2. The maximum atomic E-state index is 12.7. The number of rotatable bonds is 7. The van der Waals surface area contributed by atoms with Gasteiger partial charge in [0.2, 0.25) is 0 Å². The topological polar surface area (TPSA) is 86.6 Å². The number of benzene rings is 1. The zero-order valence-corrected chi connectivity index (χ0v) is 9.60. The maximum absolute atomic E-state index is 12.7. The molecule has 0 amide bonds. The fraction of sp³-hybridized carbons (Fsp3) is 0.333. The van der Waals surface area contributed by atoms with Crippen molar-refractivity contribution in [3.05, 3.63) is 35.6 Å². The molecule has 3 N–H and O–H groups in total. The van der Waals surface area contributed by atoms with Crippen LogP contribution in [-0.4, -0.2) is 28.7 Å². The number of carboxylic acid groups (broad SMARTS) is 2. The van der Waals surface area contributed by atoms with Crippen molar-refractivity contribution in [3.63, 3.8) is 0 Å². The van der Waals surface area contributed by atoms with Crippen LogP contribution in [0.1, 0.15) is 24.4 Å². The molecule has 0 aliphatic rings. The van der Waals surface area contributed by atoms with E-state index in [-0.39, 0.29) is 13.0 Å². The van der Waals surface area contributed by atoms with Crippen molar-refractivity contribution in [1.29, 1.82) is 0 Å². The largest absolute Gasteiger partial charge is 0.481 e. The van der Waals surface area contributed by atoms with E-state index in [1.807, 2.05) is 0 Å². The van der Waals surface area contributed by atoms with Gasteiger partial charge in [-0.3, -0.25) is 9.59 Å². The molecule has 1 atom stereocenters. The monoisotopic (exact) mass is 255 g/mol. The van der Waals surface area contributed by atoms with Crippen LogP contribution >= 0.6 is 0 Å². The van der Waals surface area contributed by atoms with Crippen LogP contribution in [0.4, 0.5) is 4.39 Å². The molecule has 1 aromatic carbocycles. The summed E-state index contributed by atoms with van der Waals surface area (Å²) in [5.41, 5.74) is 0.430. The molecule has 0 fully saturated rings. The molecule has 6 heteroatoms. The van der Waals surface area contributed by atoms with Gasteiger partial charge in [0.15, 0.2) is 0 Å². The lowest BCUT2D eigenvalue weighted by molar-refractivity contribution is -0.139. The van der Waals surface area contributed by atoms with Crippen molar-refractivity contribution >= 4 is 11.9 Å². The second kappa shape index (κ2) is 6.70. The van der Waals surface area contributed by atoms with Crippen LogP contribution in [0.2, 0.25) is 0 Å². The molecule has 0 bridgehead atoms. The molecule has 5 nitrogen and oxygen atoms in total. The lowest BCUT2D eigenvalue weighted by Crippen LogP contribution is -2.29. The molecule has 0 aromatic heterocycles. The number of aliphatic carboxylic acids is 2. The first-order valence-corrected chi connectivity index (χ1v) is 5.44. The molecule has 0 heterocycles. The highest BCUT2D eigenvalue weighted by Gasteiger charge is 2.18. The third-order valence-electron chi connectivity index (χ3n) is 2.37. The second-order valence-corrected chi connectivity index (χ2v) is 3.77. The Balaban J connectivity index is 2.57. The van der Waals surface area contributed by atoms with Gasteiger partial charge < -0.3 is 15.5 Å². The molecule has 0 aliphatic carbocycles. The van der Waals surface area contributed by atoms with Crippen molar-refractivity contribution in [1.82, 2.24) is 5.32 Å². The predicted octanol–water partition coefficient (Wildman–Crippen LogP) is 1.41. The molecule has 1 unspecified atom stereocenters. The predicted molar refractivity (Wildman–Crippen MR) is 61.6 cm³/mol. The molecule has 0 saturated carbocycles. The van der Waals surface area contributed by atoms with E-state index in [0.29, 0.717) is 12.0 Å². The van der Waals surface area contributed by atoms with Crippen molar-refractivity contribution in [2.24, 2.45) is 0 Å². The van der Waals surface area contributed by atoms with Gasteiger partial charge >= 0.3 is 11.9 Å². The molecule has 0 spiro atoms. The Bertz CT molecular complexity index is 419. The van der Waals surface area contributed by atoms with E-state index in [2.05, 4.69) is 5.32 Å². The number of hydrogen-bond acceptors (Lipinski definition) is 3. The lowest BCUT2D eigenvalue weighted by Gasteiger charge is -2.14. The van der Waals surface area contributed by atoms with Gasteiger partial charge in [0, 0.05) is 6.42 Å². The number of hydrogen-bond donors (Lipinski definition) is 3. The van der Waals surface area contributed by atoms with Gasteiger partial charge in [-0.05, 0) is 30.7 Å². The van der Waals surface area contributed by atoms with Gasteiger partial charge in [0.1, 0.15) is 11.9 Å². The van der Waals surface area contributed by atoms with Crippen LogP contribution in [-0.2, 0) is 9.59 Å². The highest BCUT2D eigenvalue weighted by atomic mass is 19.1. The third-order valence-corrected chi connectivity index (χ3v) is 2.37. The van der Waals surface area contributed by atoms with E-state index in [9.17, 15) is 14.0 Å². The van der Waals surface area contributed by atoms with Crippen LogP contribution in [0.15, 0.2) is 24.3 Å². The lowest BCUT2D eigenvalue weighted by atomic mass is 10.1. The molecule has 98 valence electrons. The average molecular weight is 255 g/mol. The first-order valence-electron chi connectivity index (χ1n) is 5.44. The quantitative estimate of drug-likeness (QED) is 0.641. The summed E-state index contributed by atoms with van der Waals surface area (Å²) >= 11 is 0. The van der Waals surface area contributed by atoms with Crippen LogP contribution in [0, 0.1) is 5.82 Å². The zero-order chi connectivity index (χ0) is 13.5. The summed E-state index contributed by atoms with van der Waals surface area (Å²) in [6, 6.07) is 4.18. The molecule has 1 aromatic rings. The Morgan fingerprint density at radius 1 is 1.22 bits per heavy atom. The van der Waals surface area contributed by atoms with Crippen molar-refractivity contribution < 1.29 is 24.2 Å². The summed E-state index contributed by atoms with van der Waals surface area (Å²) in [6.07, 6.45) is 0.309. The van der Waals surface area contributed by atoms with E-state index >= 15 is 0 Å². The van der Waals surface area contributed by atoms with E-state index in [0.717, 1.165) is 0 Å². The van der Waals surface area contributed by atoms with Crippen LogP contribution in [0.25, 0.3) is 0 Å². The Hall–Kier alpha value is -1.95. The molecular weight excluding hydrogens is 241 g/mol. The first-order chi connectivity index (χ1) is 8.50. The van der Waals surface area contributed by atoms with E-state index in [1.54, 1.807) is 0 Å². The summed E-state index contributed by atoms with van der Waals surface area (Å²) in [5, 5.41) is 20.2. The third kappa shape index (κ3) is 4.50.